The third-order valence-corrected chi connectivity index (χ3v) is 2.91. The molecule has 4 heteroatoms. The van der Waals surface area contributed by atoms with Crippen LogP contribution in [-0.2, 0) is 4.74 Å². The van der Waals surface area contributed by atoms with Gasteiger partial charge in [0.1, 0.15) is 0 Å². The van der Waals surface area contributed by atoms with Crippen molar-refractivity contribution >= 4 is 12.4 Å². The van der Waals surface area contributed by atoms with Crippen LogP contribution in [0.2, 0.25) is 0 Å². The average molecular weight is 251 g/mol. The normalized spacial score (nSPS) is 21.4. The topological polar surface area (TPSA) is 24.5 Å². The maximum Gasteiger partial charge on any atom is 0.0593 e. The fourth-order valence-electron chi connectivity index (χ4n) is 2.16. The summed E-state index contributed by atoms with van der Waals surface area (Å²) in [7, 11) is 2.03. The maximum absolute atomic E-state index is 5.62. The summed E-state index contributed by atoms with van der Waals surface area (Å²) in [6.45, 7) is 9.63. The minimum Gasteiger partial charge on any atom is -0.380 e. The molecule has 16 heavy (non-hydrogen) atoms. The molecule has 1 unspecified atom stereocenters. The van der Waals surface area contributed by atoms with E-state index in [1.54, 1.807) is 0 Å². The van der Waals surface area contributed by atoms with Crippen molar-refractivity contribution in [2.75, 3.05) is 39.9 Å². The molecule has 1 fully saturated rings. The molecule has 0 aromatic rings. The van der Waals surface area contributed by atoms with E-state index in [4.69, 9.17) is 4.74 Å². The number of hydrogen-bond donors (Lipinski definition) is 1. The Morgan fingerprint density at radius 1 is 1.44 bits per heavy atom. The van der Waals surface area contributed by atoms with Gasteiger partial charge < -0.3 is 10.1 Å². The quantitative estimate of drug-likeness (QED) is 0.697. The molecule has 1 heterocycles. The molecule has 1 N–H and O–H groups in total. The summed E-state index contributed by atoms with van der Waals surface area (Å²) >= 11 is 0. The molecular weight excluding hydrogens is 224 g/mol. The Bertz CT molecular complexity index is 167. The number of likely N-dealkylation sites (N-methyl/N-ethyl adjacent to an activating group) is 1. The molecule has 0 amide bonds. The van der Waals surface area contributed by atoms with Gasteiger partial charge in [0.15, 0.2) is 0 Å². The summed E-state index contributed by atoms with van der Waals surface area (Å²) in [6, 6.07) is 0.734. The predicted molar refractivity (Wildman–Crippen MR) is 71.4 cm³/mol. The number of nitrogens with one attached hydrogen (secondary N) is 1. The molecular formula is C12H27ClN2O. The van der Waals surface area contributed by atoms with Gasteiger partial charge in [0, 0.05) is 25.7 Å². The van der Waals surface area contributed by atoms with E-state index < -0.39 is 0 Å². The Morgan fingerprint density at radius 2 is 2.19 bits per heavy atom. The van der Waals surface area contributed by atoms with Crippen LogP contribution < -0.4 is 5.32 Å². The van der Waals surface area contributed by atoms with Gasteiger partial charge in [0.25, 0.3) is 0 Å². The molecule has 0 radical (unpaired) electrons. The highest BCUT2D eigenvalue weighted by Gasteiger charge is 2.22. The number of rotatable bonds is 7. The van der Waals surface area contributed by atoms with E-state index in [9.17, 15) is 0 Å². The largest absolute Gasteiger partial charge is 0.380 e. The monoisotopic (exact) mass is 250 g/mol. The maximum atomic E-state index is 5.62. The number of ether oxygens (including phenoxy) is 1. The van der Waals surface area contributed by atoms with Gasteiger partial charge in [-0.05, 0) is 32.4 Å². The zero-order chi connectivity index (χ0) is 11.1. The standard InChI is InChI=1S/C12H26N2O.ClH/c1-11(2)10-15-8-7-14-6-4-5-12(14)9-13-3;/h11-13H,4-10H2,1-3H3;1H. The Morgan fingerprint density at radius 3 is 2.81 bits per heavy atom. The highest BCUT2D eigenvalue weighted by Crippen LogP contribution is 2.15. The van der Waals surface area contributed by atoms with Crippen LogP contribution in [0.3, 0.4) is 0 Å². The van der Waals surface area contributed by atoms with Crippen molar-refractivity contribution < 1.29 is 4.74 Å². The van der Waals surface area contributed by atoms with Gasteiger partial charge in [-0.3, -0.25) is 4.90 Å². The Kier molecular flexibility index (Phi) is 9.32. The van der Waals surface area contributed by atoms with Crippen molar-refractivity contribution in [3.63, 3.8) is 0 Å². The summed E-state index contributed by atoms with van der Waals surface area (Å²) in [4.78, 5) is 2.55. The Balaban J connectivity index is 0.00000225. The predicted octanol–water partition coefficient (Wildman–Crippen LogP) is 1.76. The summed E-state index contributed by atoms with van der Waals surface area (Å²) in [5.41, 5.74) is 0. The second kappa shape index (κ2) is 9.23. The van der Waals surface area contributed by atoms with E-state index in [1.165, 1.54) is 19.4 Å². The van der Waals surface area contributed by atoms with E-state index in [2.05, 4.69) is 24.1 Å². The minimum atomic E-state index is 0. The molecule has 0 saturated carbocycles. The lowest BCUT2D eigenvalue weighted by Crippen LogP contribution is -2.38. The zero-order valence-corrected chi connectivity index (χ0v) is 11.7. The van der Waals surface area contributed by atoms with E-state index in [1.807, 2.05) is 7.05 Å². The minimum absolute atomic E-state index is 0. The van der Waals surface area contributed by atoms with Crippen molar-refractivity contribution in [3.8, 4) is 0 Å². The molecule has 1 aliphatic rings. The summed E-state index contributed by atoms with van der Waals surface area (Å²) < 4.78 is 5.62. The highest BCUT2D eigenvalue weighted by molar-refractivity contribution is 5.85. The SMILES string of the molecule is CNCC1CCCN1CCOCC(C)C.Cl. The van der Waals surface area contributed by atoms with Gasteiger partial charge in [-0.2, -0.15) is 0 Å². The van der Waals surface area contributed by atoms with Crippen LogP contribution in [0.4, 0.5) is 0 Å². The number of nitrogens with zero attached hydrogens (tertiary/aromatic N) is 1. The molecule has 98 valence electrons. The average Bonchev–Trinajstić information content (AvgIpc) is 2.61. The highest BCUT2D eigenvalue weighted by atomic mass is 35.5. The molecule has 0 aromatic heterocycles. The second-order valence-corrected chi connectivity index (χ2v) is 4.86. The molecule has 3 nitrogen and oxygen atoms in total. The molecule has 1 atom stereocenters. The molecule has 0 spiro atoms. The zero-order valence-electron chi connectivity index (χ0n) is 10.9. The van der Waals surface area contributed by atoms with Gasteiger partial charge in [-0.1, -0.05) is 13.8 Å². The summed E-state index contributed by atoms with van der Waals surface area (Å²) in [5, 5.41) is 3.27. The van der Waals surface area contributed by atoms with Crippen molar-refractivity contribution in [3.05, 3.63) is 0 Å². The molecule has 0 aromatic carbocycles. The van der Waals surface area contributed by atoms with Crippen molar-refractivity contribution in [2.45, 2.75) is 32.7 Å². The lowest BCUT2D eigenvalue weighted by Gasteiger charge is -2.24. The second-order valence-electron chi connectivity index (χ2n) is 4.86. The smallest absolute Gasteiger partial charge is 0.0593 e. The van der Waals surface area contributed by atoms with E-state index in [0.717, 1.165) is 32.3 Å². The van der Waals surface area contributed by atoms with Crippen LogP contribution >= 0.6 is 12.4 Å². The van der Waals surface area contributed by atoms with Gasteiger partial charge >= 0.3 is 0 Å². The van der Waals surface area contributed by atoms with Crippen LogP contribution in [-0.4, -0.2) is 50.8 Å². The molecule has 0 bridgehead atoms. The van der Waals surface area contributed by atoms with Crippen LogP contribution in [0.5, 0.6) is 0 Å². The van der Waals surface area contributed by atoms with Crippen LogP contribution in [0, 0.1) is 5.92 Å². The van der Waals surface area contributed by atoms with Gasteiger partial charge in [0.2, 0.25) is 0 Å². The van der Waals surface area contributed by atoms with Crippen LogP contribution in [0.25, 0.3) is 0 Å². The summed E-state index contributed by atoms with van der Waals surface area (Å²) in [6.07, 6.45) is 2.68. The lowest BCUT2D eigenvalue weighted by molar-refractivity contribution is 0.0821. The summed E-state index contributed by atoms with van der Waals surface area (Å²) in [5.74, 6) is 0.650. The first-order valence-corrected chi connectivity index (χ1v) is 6.20. The van der Waals surface area contributed by atoms with E-state index in [0.29, 0.717) is 5.92 Å². The molecule has 0 aliphatic carbocycles. The fourth-order valence-corrected chi connectivity index (χ4v) is 2.16. The van der Waals surface area contributed by atoms with Gasteiger partial charge in [-0.15, -0.1) is 12.4 Å². The van der Waals surface area contributed by atoms with E-state index >= 15 is 0 Å². The first-order chi connectivity index (χ1) is 7.24. The Labute approximate surface area is 106 Å². The molecule has 1 rings (SSSR count). The third kappa shape index (κ3) is 6.04. The number of hydrogen-bond acceptors (Lipinski definition) is 3. The van der Waals surface area contributed by atoms with E-state index in [-0.39, 0.29) is 12.4 Å². The number of likely N-dealkylation sites (tertiary alicyclic amines) is 1. The van der Waals surface area contributed by atoms with Crippen molar-refractivity contribution in [1.82, 2.24) is 10.2 Å². The van der Waals surface area contributed by atoms with Crippen molar-refractivity contribution in [2.24, 2.45) is 5.92 Å². The fraction of sp³-hybridized carbons (Fsp3) is 1.00. The first-order valence-electron chi connectivity index (χ1n) is 6.20. The van der Waals surface area contributed by atoms with Crippen molar-refractivity contribution in [1.29, 1.82) is 0 Å². The van der Waals surface area contributed by atoms with Gasteiger partial charge in [-0.25, -0.2) is 0 Å². The van der Waals surface area contributed by atoms with Gasteiger partial charge in [0.05, 0.1) is 6.61 Å². The third-order valence-electron chi connectivity index (χ3n) is 2.91. The first kappa shape index (κ1) is 16.2. The Hall–Kier alpha value is 0.170. The molecule has 1 aliphatic heterocycles. The van der Waals surface area contributed by atoms with Crippen LogP contribution in [0.15, 0.2) is 0 Å². The number of halogens is 1. The molecule has 1 saturated heterocycles. The van der Waals surface area contributed by atoms with Crippen LogP contribution in [0.1, 0.15) is 26.7 Å². The lowest BCUT2D eigenvalue weighted by atomic mass is 10.2.